The Balaban J connectivity index is 2.47. The summed E-state index contributed by atoms with van der Waals surface area (Å²) in [5.74, 6) is 1.25. The number of hydroxylamine groups is 2. The van der Waals surface area contributed by atoms with E-state index in [0.29, 0.717) is 30.3 Å². The van der Waals surface area contributed by atoms with Gasteiger partial charge in [0.15, 0.2) is 6.79 Å². The van der Waals surface area contributed by atoms with E-state index in [-0.39, 0.29) is 13.4 Å². The average Bonchev–Trinajstić information content (AvgIpc) is 2.64. The summed E-state index contributed by atoms with van der Waals surface area (Å²) < 4.78 is 16.0. The minimum atomic E-state index is -0.152. The minimum absolute atomic E-state index is 0.103. The first-order valence-corrected chi connectivity index (χ1v) is 7.79. The zero-order chi connectivity index (χ0) is 17.4. The Hall–Kier alpha value is -2.09. The predicted octanol–water partition coefficient (Wildman–Crippen LogP) is 2.07. The van der Waals surface area contributed by atoms with Crippen LogP contribution in [0.3, 0.4) is 0 Å². The molecule has 132 valence electrons. The standard InChI is InChI=1S/C17H24N2O5/c1-4-7-24-19-11-18-9-13(10-20)17(19)15-6-5-14(22-3)8-16(15)23-12-21-2/h5-6,8-9,20H,4,7,10-12H2,1-3H3. The van der Waals surface area contributed by atoms with Crippen molar-refractivity contribution in [2.45, 2.75) is 13.3 Å². The Labute approximate surface area is 142 Å². The molecule has 0 bridgehead atoms. The largest absolute Gasteiger partial charge is 0.497 e. The normalized spacial score (nSPS) is 14.2. The van der Waals surface area contributed by atoms with Gasteiger partial charge in [-0.3, -0.25) is 9.83 Å². The van der Waals surface area contributed by atoms with Crippen LogP contribution < -0.4 is 9.47 Å². The van der Waals surface area contributed by atoms with Crippen LogP contribution in [-0.4, -0.2) is 57.3 Å². The highest BCUT2D eigenvalue weighted by Crippen LogP contribution is 2.35. The Kier molecular flexibility index (Phi) is 7.05. The molecule has 1 heterocycles. The number of ether oxygens (including phenoxy) is 3. The molecule has 0 amide bonds. The summed E-state index contributed by atoms with van der Waals surface area (Å²) >= 11 is 0. The van der Waals surface area contributed by atoms with Gasteiger partial charge in [-0.05, 0) is 18.6 Å². The van der Waals surface area contributed by atoms with E-state index in [1.807, 2.05) is 19.1 Å². The Morgan fingerprint density at radius 2 is 2.12 bits per heavy atom. The second-order valence-corrected chi connectivity index (χ2v) is 5.11. The molecule has 7 heteroatoms. The van der Waals surface area contributed by atoms with Gasteiger partial charge in [0.25, 0.3) is 0 Å². The van der Waals surface area contributed by atoms with E-state index in [2.05, 4.69) is 4.99 Å². The lowest BCUT2D eigenvalue weighted by molar-refractivity contribution is -0.108. The summed E-state index contributed by atoms with van der Waals surface area (Å²) in [5, 5.41) is 11.4. The summed E-state index contributed by atoms with van der Waals surface area (Å²) in [4.78, 5) is 10.0. The van der Waals surface area contributed by atoms with Crippen LogP contribution in [0.25, 0.3) is 5.70 Å². The van der Waals surface area contributed by atoms with E-state index in [0.717, 1.165) is 17.7 Å². The summed E-state index contributed by atoms with van der Waals surface area (Å²) in [6.45, 7) is 2.90. The topological polar surface area (TPSA) is 72.8 Å². The maximum Gasteiger partial charge on any atom is 0.188 e. The Morgan fingerprint density at radius 3 is 2.79 bits per heavy atom. The monoisotopic (exact) mass is 336 g/mol. The van der Waals surface area contributed by atoms with E-state index in [9.17, 15) is 5.11 Å². The first kappa shape index (κ1) is 18.3. The third-order valence-corrected chi connectivity index (χ3v) is 3.41. The van der Waals surface area contributed by atoms with Crippen LogP contribution >= 0.6 is 0 Å². The molecule has 1 aliphatic rings. The maximum absolute atomic E-state index is 9.71. The van der Waals surface area contributed by atoms with Crippen LogP contribution in [0.4, 0.5) is 0 Å². The first-order chi connectivity index (χ1) is 11.7. The van der Waals surface area contributed by atoms with Gasteiger partial charge >= 0.3 is 0 Å². The lowest BCUT2D eigenvalue weighted by Gasteiger charge is -2.30. The van der Waals surface area contributed by atoms with Crippen molar-refractivity contribution in [3.63, 3.8) is 0 Å². The molecular weight excluding hydrogens is 312 g/mol. The number of hydrogen-bond acceptors (Lipinski definition) is 7. The molecule has 0 saturated carbocycles. The molecule has 0 radical (unpaired) electrons. The van der Waals surface area contributed by atoms with E-state index < -0.39 is 0 Å². The molecule has 0 fully saturated rings. The van der Waals surface area contributed by atoms with Gasteiger partial charge in [0.05, 0.1) is 26.0 Å². The third kappa shape index (κ3) is 4.25. The quantitative estimate of drug-likeness (QED) is 0.696. The van der Waals surface area contributed by atoms with Gasteiger partial charge in [0.2, 0.25) is 0 Å². The van der Waals surface area contributed by atoms with Gasteiger partial charge in [-0.15, -0.1) is 0 Å². The van der Waals surface area contributed by atoms with E-state index in [1.165, 1.54) is 0 Å². The average molecular weight is 336 g/mol. The lowest BCUT2D eigenvalue weighted by atomic mass is 10.0. The number of aliphatic imine (C=N–C) groups is 1. The molecule has 0 spiro atoms. The molecule has 0 unspecified atom stereocenters. The molecule has 2 rings (SSSR count). The molecule has 1 aromatic rings. The van der Waals surface area contributed by atoms with Gasteiger partial charge in [-0.25, -0.2) is 5.06 Å². The molecule has 1 aromatic carbocycles. The summed E-state index contributed by atoms with van der Waals surface area (Å²) in [7, 11) is 3.15. The fraction of sp³-hybridized carbons (Fsp3) is 0.471. The van der Waals surface area contributed by atoms with Crippen molar-refractivity contribution in [1.29, 1.82) is 0 Å². The molecule has 24 heavy (non-hydrogen) atoms. The van der Waals surface area contributed by atoms with Crippen molar-refractivity contribution in [3.05, 3.63) is 29.3 Å². The molecule has 1 aliphatic heterocycles. The number of methoxy groups -OCH3 is 2. The Morgan fingerprint density at radius 1 is 1.29 bits per heavy atom. The van der Waals surface area contributed by atoms with Crippen molar-refractivity contribution < 1.29 is 24.2 Å². The van der Waals surface area contributed by atoms with Gasteiger partial charge in [-0.1, -0.05) is 6.92 Å². The van der Waals surface area contributed by atoms with Crippen LogP contribution in [0.15, 0.2) is 28.8 Å². The van der Waals surface area contributed by atoms with Gasteiger partial charge in [0.1, 0.15) is 18.2 Å². The summed E-state index contributed by atoms with van der Waals surface area (Å²) in [5.41, 5.74) is 2.17. The number of hydrogen-bond donors (Lipinski definition) is 1. The zero-order valence-electron chi connectivity index (χ0n) is 14.3. The number of rotatable bonds is 9. The molecule has 0 atom stereocenters. The second kappa shape index (κ2) is 9.27. The van der Waals surface area contributed by atoms with Crippen molar-refractivity contribution in [1.82, 2.24) is 5.06 Å². The molecule has 0 saturated heterocycles. The summed E-state index contributed by atoms with van der Waals surface area (Å²) in [6.07, 6.45) is 2.53. The highest BCUT2D eigenvalue weighted by Gasteiger charge is 2.23. The molecule has 7 nitrogen and oxygen atoms in total. The van der Waals surface area contributed by atoms with Crippen molar-refractivity contribution >= 4 is 11.9 Å². The molecular formula is C17H24N2O5. The predicted molar refractivity (Wildman–Crippen MR) is 90.9 cm³/mol. The number of aliphatic hydroxyl groups excluding tert-OH is 1. The van der Waals surface area contributed by atoms with Crippen LogP contribution in [0.5, 0.6) is 11.5 Å². The smallest absolute Gasteiger partial charge is 0.188 e. The van der Waals surface area contributed by atoms with Gasteiger partial charge in [-0.2, -0.15) is 0 Å². The van der Waals surface area contributed by atoms with Crippen LogP contribution in [0, 0.1) is 0 Å². The number of aliphatic hydroxyl groups is 1. The highest BCUT2D eigenvalue weighted by molar-refractivity contribution is 5.92. The van der Waals surface area contributed by atoms with E-state index in [1.54, 1.807) is 31.6 Å². The summed E-state index contributed by atoms with van der Waals surface area (Å²) in [6, 6.07) is 5.48. The maximum atomic E-state index is 9.71. The number of benzene rings is 1. The molecule has 1 N–H and O–H groups in total. The van der Waals surface area contributed by atoms with Gasteiger partial charge < -0.3 is 19.3 Å². The molecule has 0 aromatic heterocycles. The fourth-order valence-corrected chi connectivity index (χ4v) is 2.31. The second-order valence-electron chi connectivity index (χ2n) is 5.11. The SMILES string of the molecule is CCCON1CN=CC(CO)=C1c1ccc(OC)cc1OCOC. The molecule has 0 aliphatic carbocycles. The first-order valence-electron chi connectivity index (χ1n) is 7.79. The lowest BCUT2D eigenvalue weighted by Crippen LogP contribution is -2.28. The van der Waals surface area contributed by atoms with Crippen LogP contribution in [0.1, 0.15) is 18.9 Å². The van der Waals surface area contributed by atoms with Crippen molar-refractivity contribution in [3.8, 4) is 11.5 Å². The zero-order valence-corrected chi connectivity index (χ0v) is 14.3. The Bertz CT molecular complexity index is 601. The number of nitrogens with zero attached hydrogens (tertiary/aromatic N) is 2. The van der Waals surface area contributed by atoms with Gasteiger partial charge in [0, 0.05) is 30.5 Å². The van der Waals surface area contributed by atoms with Crippen molar-refractivity contribution in [2.24, 2.45) is 4.99 Å². The van der Waals surface area contributed by atoms with E-state index >= 15 is 0 Å². The van der Waals surface area contributed by atoms with Crippen LogP contribution in [0.2, 0.25) is 0 Å². The van der Waals surface area contributed by atoms with Crippen molar-refractivity contribution in [2.75, 3.05) is 40.9 Å². The fourth-order valence-electron chi connectivity index (χ4n) is 2.31. The minimum Gasteiger partial charge on any atom is -0.497 e. The third-order valence-electron chi connectivity index (χ3n) is 3.41. The van der Waals surface area contributed by atoms with E-state index in [4.69, 9.17) is 19.0 Å². The van der Waals surface area contributed by atoms with Crippen LogP contribution in [-0.2, 0) is 9.57 Å². The highest BCUT2D eigenvalue weighted by atomic mass is 16.7.